The highest BCUT2D eigenvalue weighted by molar-refractivity contribution is 6.24. The number of nitrogens with two attached hydrogens (primary N) is 1. The minimum absolute atomic E-state index is 0.0765. The van der Waals surface area contributed by atoms with Gasteiger partial charge in [-0.15, -0.1) is 0 Å². The van der Waals surface area contributed by atoms with E-state index in [1.165, 1.54) is 17.9 Å². The molecule has 1 fully saturated rings. The van der Waals surface area contributed by atoms with E-state index in [1.54, 1.807) is 34.3 Å². The Hall–Kier alpha value is -3.50. The molecule has 0 heterocycles. The van der Waals surface area contributed by atoms with Gasteiger partial charge in [0.25, 0.3) is 5.91 Å². The number of Topliss-reactive ketones (excluding diaryl/α,β-unsaturated/α-hetero) is 3. The molecule has 4 atom stereocenters. The van der Waals surface area contributed by atoms with Gasteiger partial charge in [0.15, 0.2) is 17.2 Å². The van der Waals surface area contributed by atoms with E-state index in [9.17, 15) is 34.5 Å². The fourth-order valence-electron chi connectivity index (χ4n) is 5.83. The number of amides is 1. The average molecular weight is 484 g/mol. The van der Waals surface area contributed by atoms with Gasteiger partial charge in [0, 0.05) is 42.4 Å². The Morgan fingerprint density at radius 1 is 1.11 bits per heavy atom. The van der Waals surface area contributed by atoms with Gasteiger partial charge in [0.1, 0.15) is 17.1 Å². The molecule has 1 amide bonds. The maximum Gasteiger partial charge on any atom is 0.255 e. The summed E-state index contributed by atoms with van der Waals surface area (Å²) in [5, 5.41) is 33.8. The number of hydrogen-bond acceptors (Lipinski definition) is 9. The molecule has 0 aromatic heterocycles. The van der Waals surface area contributed by atoms with Crippen LogP contribution in [0.4, 0.5) is 5.69 Å². The van der Waals surface area contributed by atoms with Crippen LogP contribution in [0.25, 0.3) is 5.76 Å². The normalized spacial score (nSPS) is 28.0. The van der Waals surface area contributed by atoms with Crippen LogP contribution in [0, 0.1) is 11.8 Å². The average Bonchev–Trinajstić information content (AvgIpc) is 2.75. The second-order valence-corrected chi connectivity index (χ2v) is 9.93. The molecule has 3 unspecified atom stereocenters. The lowest BCUT2D eigenvalue weighted by molar-refractivity contribution is -0.153. The first-order chi connectivity index (χ1) is 16.2. The smallest absolute Gasteiger partial charge is 0.255 e. The topological polar surface area (TPSA) is 161 Å². The van der Waals surface area contributed by atoms with Crippen LogP contribution < -0.4 is 10.6 Å². The number of primary amides is 1. The number of carbonyl (C=O) groups is 4. The van der Waals surface area contributed by atoms with E-state index in [-0.39, 0.29) is 23.3 Å². The van der Waals surface area contributed by atoms with Gasteiger partial charge < -0.3 is 26.0 Å². The molecule has 1 aromatic carbocycles. The summed E-state index contributed by atoms with van der Waals surface area (Å²) in [5.41, 5.74) is 3.85. The van der Waals surface area contributed by atoms with E-state index in [0.717, 1.165) is 5.56 Å². The number of aliphatic hydroxyl groups is 3. The Bertz CT molecular complexity index is 1260. The van der Waals surface area contributed by atoms with Crippen LogP contribution in [0.1, 0.15) is 34.8 Å². The molecule has 0 radical (unpaired) electrons. The van der Waals surface area contributed by atoms with Crippen LogP contribution in [-0.2, 0) is 20.8 Å². The van der Waals surface area contributed by atoms with Crippen molar-refractivity contribution < 1.29 is 34.5 Å². The lowest BCUT2D eigenvalue weighted by atomic mass is 9.57. The highest BCUT2D eigenvalue weighted by Crippen LogP contribution is 2.52. The summed E-state index contributed by atoms with van der Waals surface area (Å²) in [6, 6.07) is 2.13. The van der Waals surface area contributed by atoms with Gasteiger partial charge in [-0.05, 0) is 57.5 Å². The standard InChI is InChI=1S/C25H29N3O7/c1-10(29)11-6-14-13(16(9-11)27(2)3)7-12-8-15-19(28(4)5)21(31)18(24(26)34)23(33)25(15,35)22(32)17(12)20(14)30/h6,9,12,15,19,30,33,35H,7-8H2,1-5H3,(H2,26,34)/t12?,15?,19?,25-/m0/s1. The largest absolute Gasteiger partial charge is 0.508 e. The van der Waals surface area contributed by atoms with Crippen molar-refractivity contribution in [3.05, 3.63) is 45.7 Å². The molecule has 5 N–H and O–H groups in total. The first-order valence-electron chi connectivity index (χ1n) is 11.2. The minimum atomic E-state index is -2.62. The molecule has 1 aromatic rings. The predicted octanol–water partition coefficient (Wildman–Crippen LogP) is 0.527. The van der Waals surface area contributed by atoms with Gasteiger partial charge in [-0.25, -0.2) is 0 Å². The monoisotopic (exact) mass is 483 g/mol. The number of anilines is 1. The van der Waals surface area contributed by atoms with E-state index >= 15 is 0 Å². The Labute approximate surface area is 202 Å². The van der Waals surface area contributed by atoms with Crippen LogP contribution in [0.2, 0.25) is 0 Å². The lowest BCUT2D eigenvalue weighted by Crippen LogP contribution is -2.65. The van der Waals surface area contributed by atoms with Crippen molar-refractivity contribution in [1.82, 2.24) is 4.90 Å². The highest BCUT2D eigenvalue weighted by Gasteiger charge is 2.64. The molecule has 10 heteroatoms. The minimum Gasteiger partial charge on any atom is -0.508 e. The molecule has 0 saturated heterocycles. The van der Waals surface area contributed by atoms with Crippen LogP contribution in [0.3, 0.4) is 0 Å². The molecular formula is C25H29N3O7. The second kappa shape index (κ2) is 8.03. The molecule has 4 rings (SSSR count). The zero-order chi connectivity index (χ0) is 26.1. The molecule has 1 saturated carbocycles. The summed E-state index contributed by atoms with van der Waals surface area (Å²) < 4.78 is 0. The number of likely N-dealkylation sites (N-methyl/N-ethyl adjacent to an activating group) is 1. The summed E-state index contributed by atoms with van der Waals surface area (Å²) in [6.07, 6.45) is 0.382. The van der Waals surface area contributed by atoms with Crippen LogP contribution in [0.15, 0.2) is 29.0 Å². The number of aliphatic hydroxyl groups excluding tert-OH is 2. The van der Waals surface area contributed by atoms with Crippen LogP contribution in [-0.4, -0.2) is 83.3 Å². The Morgan fingerprint density at radius 2 is 1.74 bits per heavy atom. The molecule has 0 aliphatic heterocycles. The number of carbonyl (C=O) groups excluding carboxylic acids is 4. The first kappa shape index (κ1) is 24.6. The third-order valence-electron chi connectivity index (χ3n) is 7.45. The summed E-state index contributed by atoms with van der Waals surface area (Å²) >= 11 is 0. The van der Waals surface area contributed by atoms with E-state index < -0.39 is 58.0 Å². The Kier molecular flexibility index (Phi) is 5.65. The second-order valence-electron chi connectivity index (χ2n) is 9.93. The van der Waals surface area contributed by atoms with Crippen molar-refractivity contribution in [2.75, 3.05) is 33.1 Å². The fraction of sp³-hybridized carbons (Fsp3) is 0.440. The third-order valence-corrected chi connectivity index (χ3v) is 7.45. The van der Waals surface area contributed by atoms with Crippen molar-refractivity contribution in [2.24, 2.45) is 17.6 Å². The Balaban J connectivity index is 1.99. The highest BCUT2D eigenvalue weighted by atomic mass is 16.3. The molecule has 3 aliphatic rings. The summed E-state index contributed by atoms with van der Waals surface area (Å²) in [4.78, 5) is 54.4. The maximum absolute atomic E-state index is 13.8. The van der Waals surface area contributed by atoms with E-state index in [0.29, 0.717) is 17.7 Å². The molecular weight excluding hydrogens is 454 g/mol. The van der Waals surface area contributed by atoms with Crippen molar-refractivity contribution >= 4 is 34.7 Å². The maximum atomic E-state index is 13.8. The van der Waals surface area contributed by atoms with Crippen LogP contribution in [0.5, 0.6) is 0 Å². The SMILES string of the molecule is CC(=O)c1cc2c(c(N(C)C)c1)CC1CC3C(N(C)C)C(=O)C(C(N)=O)=C(O)[C@@]3(O)C(=O)C1=C2O. The number of ketones is 3. The first-order valence-corrected chi connectivity index (χ1v) is 11.2. The molecule has 0 spiro atoms. The number of fused-ring (bicyclic) bond motifs is 3. The van der Waals surface area contributed by atoms with Gasteiger partial charge in [-0.3, -0.25) is 24.1 Å². The fourth-order valence-corrected chi connectivity index (χ4v) is 5.83. The van der Waals surface area contributed by atoms with Gasteiger partial charge in [0.2, 0.25) is 5.78 Å². The van der Waals surface area contributed by atoms with Gasteiger partial charge >= 0.3 is 0 Å². The van der Waals surface area contributed by atoms with E-state index in [2.05, 4.69) is 0 Å². The van der Waals surface area contributed by atoms with Crippen molar-refractivity contribution in [3.63, 3.8) is 0 Å². The van der Waals surface area contributed by atoms with Crippen molar-refractivity contribution in [1.29, 1.82) is 0 Å². The van der Waals surface area contributed by atoms with Gasteiger partial charge in [-0.2, -0.15) is 0 Å². The van der Waals surface area contributed by atoms with Gasteiger partial charge in [-0.1, -0.05) is 0 Å². The summed E-state index contributed by atoms with van der Waals surface area (Å²) in [5.74, 6) is -6.37. The Morgan fingerprint density at radius 3 is 2.26 bits per heavy atom. The molecule has 186 valence electrons. The predicted molar refractivity (Wildman–Crippen MR) is 127 cm³/mol. The lowest BCUT2D eigenvalue weighted by Gasteiger charge is -2.50. The van der Waals surface area contributed by atoms with Crippen molar-refractivity contribution in [2.45, 2.75) is 31.4 Å². The number of hydrogen-bond donors (Lipinski definition) is 4. The number of nitrogens with zero attached hydrogens (tertiary/aromatic N) is 2. The van der Waals surface area contributed by atoms with E-state index in [4.69, 9.17) is 5.73 Å². The summed E-state index contributed by atoms with van der Waals surface area (Å²) in [6.45, 7) is 1.39. The van der Waals surface area contributed by atoms with Gasteiger partial charge in [0.05, 0.1) is 6.04 Å². The zero-order valence-electron chi connectivity index (χ0n) is 20.2. The zero-order valence-corrected chi connectivity index (χ0v) is 20.2. The number of benzene rings is 1. The number of rotatable bonds is 4. The van der Waals surface area contributed by atoms with E-state index in [1.807, 2.05) is 4.90 Å². The molecule has 0 bridgehead atoms. The van der Waals surface area contributed by atoms with Crippen LogP contribution >= 0.6 is 0 Å². The van der Waals surface area contributed by atoms with Crippen molar-refractivity contribution in [3.8, 4) is 0 Å². The molecule has 3 aliphatic carbocycles. The summed E-state index contributed by atoms with van der Waals surface area (Å²) in [7, 11) is 6.75. The third kappa shape index (κ3) is 3.31. The molecule has 35 heavy (non-hydrogen) atoms. The molecule has 10 nitrogen and oxygen atoms in total. The quantitative estimate of drug-likeness (QED) is 0.353.